The molecular weight excluding hydrogens is 303 g/mol. The van der Waals surface area contributed by atoms with Gasteiger partial charge in [0.05, 0.1) is 6.42 Å². The summed E-state index contributed by atoms with van der Waals surface area (Å²) in [5.74, 6) is -1.33. The second kappa shape index (κ2) is 5.98. The van der Waals surface area contributed by atoms with E-state index >= 15 is 0 Å². The predicted molar refractivity (Wildman–Crippen MR) is 68.9 cm³/mol. The molecule has 0 aliphatic carbocycles. The van der Waals surface area contributed by atoms with Gasteiger partial charge >= 0.3 is 12.1 Å². The Balaban J connectivity index is 1.98. The molecule has 2 rings (SSSR count). The van der Waals surface area contributed by atoms with Crippen molar-refractivity contribution in [3.63, 3.8) is 0 Å². The normalized spacial score (nSPS) is 18.7. The molecule has 0 radical (unpaired) electrons. The van der Waals surface area contributed by atoms with Crippen molar-refractivity contribution in [3.8, 4) is 0 Å². The van der Waals surface area contributed by atoms with Crippen molar-refractivity contribution >= 4 is 11.9 Å². The maximum Gasteiger partial charge on any atom is 0.435 e. The molecule has 22 heavy (non-hydrogen) atoms. The molecular formula is C13H16F3N3O3. The van der Waals surface area contributed by atoms with Crippen LogP contribution in [0.4, 0.5) is 13.2 Å². The Morgan fingerprint density at radius 3 is 2.68 bits per heavy atom. The van der Waals surface area contributed by atoms with Crippen LogP contribution in [-0.4, -0.2) is 44.8 Å². The Bertz CT molecular complexity index is 583. The fourth-order valence-corrected chi connectivity index (χ4v) is 2.55. The van der Waals surface area contributed by atoms with E-state index in [4.69, 9.17) is 5.11 Å². The van der Waals surface area contributed by atoms with Crippen LogP contribution in [0.25, 0.3) is 0 Å². The summed E-state index contributed by atoms with van der Waals surface area (Å²) in [4.78, 5) is 24.2. The number of nitrogens with zero attached hydrogens (tertiary/aromatic N) is 3. The number of carboxylic acid groups (broad SMARTS) is 1. The third kappa shape index (κ3) is 3.77. The van der Waals surface area contributed by atoms with Crippen molar-refractivity contribution < 1.29 is 27.9 Å². The number of likely N-dealkylation sites (tertiary alicyclic amines) is 1. The van der Waals surface area contributed by atoms with Crippen molar-refractivity contribution in [2.24, 2.45) is 13.0 Å². The molecule has 0 spiro atoms. The average molecular weight is 319 g/mol. The summed E-state index contributed by atoms with van der Waals surface area (Å²) in [6, 6.07) is 0.864. The summed E-state index contributed by atoms with van der Waals surface area (Å²) < 4.78 is 38.7. The molecule has 1 fully saturated rings. The van der Waals surface area contributed by atoms with Gasteiger partial charge in [-0.3, -0.25) is 14.3 Å². The molecule has 0 saturated carbocycles. The molecule has 9 heteroatoms. The van der Waals surface area contributed by atoms with Crippen molar-refractivity contribution in [3.05, 3.63) is 17.5 Å². The van der Waals surface area contributed by atoms with Gasteiger partial charge in [-0.15, -0.1) is 0 Å². The van der Waals surface area contributed by atoms with Gasteiger partial charge in [-0.25, -0.2) is 0 Å². The number of aromatic nitrogens is 2. The summed E-state index contributed by atoms with van der Waals surface area (Å²) in [5, 5.41) is 12.1. The van der Waals surface area contributed by atoms with Gasteiger partial charge in [0, 0.05) is 32.3 Å². The smallest absolute Gasteiger partial charge is 0.435 e. The molecule has 0 bridgehead atoms. The molecule has 0 aromatic carbocycles. The van der Waals surface area contributed by atoms with Crippen molar-refractivity contribution in [2.75, 3.05) is 13.1 Å². The summed E-state index contributed by atoms with van der Waals surface area (Å²) in [6.07, 6.45) is -4.14. The third-order valence-electron chi connectivity index (χ3n) is 3.70. The Hall–Kier alpha value is -2.06. The molecule has 1 unspecified atom stereocenters. The minimum Gasteiger partial charge on any atom is -0.481 e. The number of hydrogen-bond donors (Lipinski definition) is 1. The highest BCUT2D eigenvalue weighted by atomic mass is 19.4. The average Bonchev–Trinajstić information content (AvgIpc) is 2.96. The van der Waals surface area contributed by atoms with Crippen LogP contribution in [-0.2, 0) is 29.2 Å². The maximum absolute atomic E-state index is 12.6. The lowest BCUT2D eigenvalue weighted by atomic mass is 10.1. The van der Waals surface area contributed by atoms with Gasteiger partial charge in [0.1, 0.15) is 0 Å². The van der Waals surface area contributed by atoms with Crippen LogP contribution in [0.5, 0.6) is 0 Å². The van der Waals surface area contributed by atoms with E-state index < -0.39 is 17.8 Å². The van der Waals surface area contributed by atoms with Crippen LogP contribution in [0.1, 0.15) is 24.2 Å². The molecule has 1 aromatic rings. The van der Waals surface area contributed by atoms with Crippen LogP contribution in [0.3, 0.4) is 0 Å². The SMILES string of the molecule is Cn1nc(C(F)(F)F)cc1CC(=O)N1CCC(CC(=O)O)C1. The zero-order valence-electron chi connectivity index (χ0n) is 11.9. The van der Waals surface area contributed by atoms with E-state index in [9.17, 15) is 22.8 Å². The van der Waals surface area contributed by atoms with Gasteiger partial charge in [-0.05, 0) is 18.4 Å². The van der Waals surface area contributed by atoms with Gasteiger partial charge in [0.15, 0.2) is 5.69 Å². The van der Waals surface area contributed by atoms with E-state index in [1.807, 2.05) is 0 Å². The summed E-state index contributed by atoms with van der Waals surface area (Å²) in [7, 11) is 1.36. The molecule has 1 atom stereocenters. The number of carbonyl (C=O) groups is 2. The van der Waals surface area contributed by atoms with Gasteiger partial charge in [-0.1, -0.05) is 0 Å². The molecule has 6 nitrogen and oxygen atoms in total. The predicted octanol–water partition coefficient (Wildman–Crippen LogP) is 1.30. The van der Waals surface area contributed by atoms with E-state index in [1.165, 1.54) is 11.9 Å². The van der Waals surface area contributed by atoms with Crippen molar-refractivity contribution in [2.45, 2.75) is 25.4 Å². The topological polar surface area (TPSA) is 75.4 Å². The Labute approximate surface area is 124 Å². The fraction of sp³-hybridized carbons (Fsp3) is 0.615. The number of aliphatic carboxylic acids is 1. The summed E-state index contributed by atoms with van der Waals surface area (Å²) >= 11 is 0. The van der Waals surface area contributed by atoms with Gasteiger partial charge in [0.25, 0.3) is 0 Å². The van der Waals surface area contributed by atoms with Crippen molar-refractivity contribution in [1.29, 1.82) is 0 Å². The first-order chi connectivity index (χ1) is 10.2. The zero-order chi connectivity index (χ0) is 16.5. The Kier molecular flexibility index (Phi) is 4.43. The Morgan fingerprint density at radius 1 is 1.45 bits per heavy atom. The lowest BCUT2D eigenvalue weighted by Crippen LogP contribution is -2.30. The largest absolute Gasteiger partial charge is 0.481 e. The maximum atomic E-state index is 12.6. The quantitative estimate of drug-likeness (QED) is 0.908. The Morgan fingerprint density at radius 2 is 2.14 bits per heavy atom. The number of aryl methyl sites for hydroxylation is 1. The van der Waals surface area contributed by atoms with Gasteiger partial charge in [-0.2, -0.15) is 18.3 Å². The number of amides is 1. The molecule has 1 aromatic heterocycles. The highest BCUT2D eigenvalue weighted by molar-refractivity contribution is 5.79. The monoisotopic (exact) mass is 319 g/mol. The second-order valence-electron chi connectivity index (χ2n) is 5.41. The van der Waals surface area contributed by atoms with Crippen LogP contribution in [0.15, 0.2) is 6.07 Å². The lowest BCUT2D eigenvalue weighted by Gasteiger charge is -2.16. The number of halogens is 3. The first-order valence-electron chi connectivity index (χ1n) is 6.76. The van der Waals surface area contributed by atoms with Gasteiger partial charge < -0.3 is 10.0 Å². The zero-order valence-corrected chi connectivity index (χ0v) is 11.9. The molecule has 2 heterocycles. The minimum atomic E-state index is -4.54. The van der Waals surface area contributed by atoms with Crippen molar-refractivity contribution in [1.82, 2.24) is 14.7 Å². The molecule has 122 valence electrons. The van der Waals surface area contributed by atoms with Crippen LogP contribution < -0.4 is 0 Å². The molecule has 1 N–H and O–H groups in total. The van der Waals surface area contributed by atoms with E-state index in [0.29, 0.717) is 19.5 Å². The highest BCUT2D eigenvalue weighted by Gasteiger charge is 2.35. The van der Waals surface area contributed by atoms with E-state index in [0.717, 1.165) is 10.7 Å². The fourth-order valence-electron chi connectivity index (χ4n) is 2.55. The molecule has 1 saturated heterocycles. The molecule has 1 aliphatic heterocycles. The van der Waals surface area contributed by atoms with Crippen LogP contribution in [0, 0.1) is 5.92 Å². The second-order valence-corrected chi connectivity index (χ2v) is 5.41. The summed E-state index contributed by atoms with van der Waals surface area (Å²) in [5.41, 5.74) is -0.845. The number of hydrogen-bond acceptors (Lipinski definition) is 3. The van der Waals surface area contributed by atoms with Crippen LogP contribution in [0.2, 0.25) is 0 Å². The van der Waals surface area contributed by atoms with E-state index in [-0.39, 0.29) is 30.4 Å². The highest BCUT2D eigenvalue weighted by Crippen LogP contribution is 2.28. The summed E-state index contributed by atoms with van der Waals surface area (Å²) in [6.45, 7) is 0.760. The van der Waals surface area contributed by atoms with E-state index in [2.05, 4.69) is 5.10 Å². The lowest BCUT2D eigenvalue weighted by molar-refractivity contribution is -0.141. The first kappa shape index (κ1) is 16.3. The van der Waals surface area contributed by atoms with Gasteiger partial charge in [0.2, 0.25) is 5.91 Å². The number of carboxylic acids is 1. The molecule has 1 amide bonds. The number of rotatable bonds is 4. The van der Waals surface area contributed by atoms with Crippen LogP contribution >= 0.6 is 0 Å². The number of alkyl halides is 3. The number of carbonyl (C=O) groups excluding carboxylic acids is 1. The third-order valence-corrected chi connectivity index (χ3v) is 3.70. The first-order valence-corrected chi connectivity index (χ1v) is 6.76. The van der Waals surface area contributed by atoms with E-state index in [1.54, 1.807) is 0 Å². The standard InChI is InChI=1S/C13H16F3N3O3/c1-18-9(5-10(17-18)13(14,15)16)6-11(20)19-3-2-8(7-19)4-12(21)22/h5,8H,2-4,6-7H2,1H3,(H,21,22). The molecule has 1 aliphatic rings. The minimum absolute atomic E-state index is 0.00624.